The second-order valence-electron chi connectivity index (χ2n) is 8.14. The largest absolute Gasteiger partial charge is 0.573 e. The van der Waals surface area contributed by atoms with Gasteiger partial charge in [-0.3, -0.25) is 9.36 Å². The van der Waals surface area contributed by atoms with Crippen molar-refractivity contribution >= 4 is 46.6 Å². The highest BCUT2D eigenvalue weighted by atomic mass is 35.5. The van der Waals surface area contributed by atoms with Gasteiger partial charge in [0.1, 0.15) is 5.75 Å². The third-order valence-electron chi connectivity index (χ3n) is 5.79. The number of nitrogens with zero attached hydrogens (tertiary/aromatic N) is 3. The van der Waals surface area contributed by atoms with Crippen LogP contribution in [0.5, 0.6) is 5.75 Å². The van der Waals surface area contributed by atoms with E-state index in [2.05, 4.69) is 9.72 Å². The van der Waals surface area contributed by atoms with Crippen molar-refractivity contribution in [3.05, 3.63) is 88.5 Å². The summed E-state index contributed by atoms with van der Waals surface area (Å²) in [4.78, 5) is 19.4. The van der Waals surface area contributed by atoms with Crippen LogP contribution < -0.4 is 9.64 Å². The van der Waals surface area contributed by atoms with Gasteiger partial charge in [0.15, 0.2) is 5.16 Å². The number of hydrogen-bond acceptors (Lipinski definition) is 4. The Morgan fingerprint density at radius 2 is 1.78 bits per heavy atom. The van der Waals surface area contributed by atoms with Gasteiger partial charge < -0.3 is 9.64 Å². The first-order chi connectivity index (χ1) is 17.7. The van der Waals surface area contributed by atoms with Gasteiger partial charge in [-0.15, -0.1) is 13.2 Å². The number of amides is 1. The molecule has 4 aromatic rings. The number of imidazole rings is 1. The minimum atomic E-state index is -4.79. The van der Waals surface area contributed by atoms with Gasteiger partial charge >= 0.3 is 6.36 Å². The van der Waals surface area contributed by atoms with Crippen LogP contribution in [0.3, 0.4) is 0 Å². The Kier molecular flexibility index (Phi) is 7.11. The van der Waals surface area contributed by atoms with E-state index in [1.165, 1.54) is 36.0 Å². The summed E-state index contributed by atoms with van der Waals surface area (Å²) >= 11 is 13.5. The molecule has 5 nitrogen and oxygen atoms in total. The average molecular weight is 564 g/mol. The summed E-state index contributed by atoms with van der Waals surface area (Å²) in [6.07, 6.45) is -2.37. The smallest absolute Gasteiger partial charge is 0.406 e. The fourth-order valence-corrected chi connectivity index (χ4v) is 5.31. The van der Waals surface area contributed by atoms with Crippen LogP contribution in [0.1, 0.15) is 5.56 Å². The summed E-state index contributed by atoms with van der Waals surface area (Å²) in [7, 11) is 0. The first-order valence-corrected chi connectivity index (χ1v) is 12.8. The molecular weight excluding hydrogens is 546 g/mol. The van der Waals surface area contributed by atoms with Crippen LogP contribution in [0.4, 0.5) is 18.9 Å². The van der Waals surface area contributed by atoms with E-state index >= 15 is 0 Å². The minimum absolute atomic E-state index is 0.0606. The van der Waals surface area contributed by atoms with Crippen molar-refractivity contribution in [2.75, 3.05) is 17.2 Å². The van der Waals surface area contributed by atoms with Crippen LogP contribution in [0.15, 0.2) is 78.1 Å². The Hall–Kier alpha value is -3.14. The maximum Gasteiger partial charge on any atom is 0.573 e. The zero-order chi connectivity index (χ0) is 26.2. The zero-order valence-corrected chi connectivity index (χ0v) is 21.3. The van der Waals surface area contributed by atoms with Crippen molar-refractivity contribution < 1.29 is 22.7 Å². The second kappa shape index (κ2) is 10.3. The van der Waals surface area contributed by atoms with Crippen LogP contribution in [0, 0.1) is 0 Å². The summed E-state index contributed by atoms with van der Waals surface area (Å²) in [6.45, 7) is 0.613. The van der Waals surface area contributed by atoms with Crippen LogP contribution in [0.25, 0.3) is 16.9 Å². The van der Waals surface area contributed by atoms with E-state index in [0.29, 0.717) is 38.7 Å². The summed E-state index contributed by atoms with van der Waals surface area (Å²) in [5.41, 5.74) is 3.90. The molecule has 1 aromatic heterocycles. The monoisotopic (exact) mass is 563 g/mol. The molecule has 0 N–H and O–H groups in total. The molecule has 3 aromatic carbocycles. The van der Waals surface area contributed by atoms with Gasteiger partial charge in [0.2, 0.25) is 5.91 Å². The molecule has 1 aliphatic rings. The number of rotatable bonds is 6. The maximum absolute atomic E-state index is 13.1. The van der Waals surface area contributed by atoms with E-state index < -0.39 is 6.36 Å². The van der Waals surface area contributed by atoms with Crippen LogP contribution in [0.2, 0.25) is 10.0 Å². The normalized spacial score (nSPS) is 13.1. The number of alkyl halides is 3. The van der Waals surface area contributed by atoms with Crippen molar-refractivity contribution in [3.8, 4) is 22.7 Å². The first-order valence-electron chi connectivity index (χ1n) is 11.1. The third kappa shape index (κ3) is 5.58. The van der Waals surface area contributed by atoms with E-state index in [1.807, 2.05) is 24.3 Å². The van der Waals surface area contributed by atoms with Gasteiger partial charge in [-0.1, -0.05) is 59.2 Å². The molecule has 11 heteroatoms. The van der Waals surface area contributed by atoms with E-state index in [9.17, 15) is 18.0 Å². The van der Waals surface area contributed by atoms with Crippen molar-refractivity contribution in [1.29, 1.82) is 0 Å². The number of carbonyl (C=O) groups excluding carboxylic acids is 1. The molecule has 0 aliphatic carbocycles. The number of hydrogen-bond donors (Lipinski definition) is 0. The lowest BCUT2D eigenvalue weighted by molar-refractivity contribution is -0.274. The number of carbonyl (C=O) groups is 1. The Morgan fingerprint density at radius 3 is 2.51 bits per heavy atom. The summed E-state index contributed by atoms with van der Waals surface area (Å²) < 4.78 is 43.7. The number of para-hydroxylation sites is 1. The molecule has 0 spiro atoms. The molecule has 2 heterocycles. The standard InChI is InChI=1S/C26H18Cl2F3N3O2S/c27-20-10-5-17(13-21(20)28)23-14-32-25(34(23)18-6-8-19(9-7-18)36-26(29,30)31)37-15-24(35)33-12-11-16-3-1-2-4-22(16)33/h1-10,13-14H,11-12,15H2. The van der Waals surface area contributed by atoms with Crippen molar-refractivity contribution in [2.24, 2.45) is 0 Å². The van der Waals surface area contributed by atoms with Crippen molar-refractivity contribution in [3.63, 3.8) is 0 Å². The second-order valence-corrected chi connectivity index (χ2v) is 9.90. The SMILES string of the molecule is O=C(CSc1ncc(-c2ccc(Cl)c(Cl)c2)n1-c1ccc(OC(F)(F)F)cc1)N1CCc2ccccc21. The van der Waals surface area contributed by atoms with Gasteiger partial charge in [-0.05, 0) is 54.4 Å². The number of halogens is 5. The van der Waals surface area contributed by atoms with Crippen molar-refractivity contribution in [2.45, 2.75) is 17.9 Å². The number of benzene rings is 3. The van der Waals surface area contributed by atoms with Gasteiger partial charge in [-0.2, -0.15) is 0 Å². The molecule has 0 saturated heterocycles. The van der Waals surface area contributed by atoms with Crippen LogP contribution >= 0.6 is 35.0 Å². The van der Waals surface area contributed by atoms with Crippen LogP contribution in [-0.2, 0) is 11.2 Å². The quantitative estimate of drug-likeness (QED) is 0.229. The van der Waals surface area contributed by atoms with Gasteiger partial charge in [0.25, 0.3) is 0 Å². The predicted molar refractivity (Wildman–Crippen MR) is 139 cm³/mol. The van der Waals surface area contributed by atoms with E-state index in [0.717, 1.165) is 17.7 Å². The Labute approximate surface area is 224 Å². The molecule has 0 saturated carbocycles. The highest BCUT2D eigenvalue weighted by Gasteiger charge is 2.31. The molecule has 0 bridgehead atoms. The first kappa shape index (κ1) is 25.5. The summed E-state index contributed by atoms with van der Waals surface area (Å²) in [5.74, 6) is -0.277. The lowest BCUT2D eigenvalue weighted by Crippen LogP contribution is -2.30. The number of anilines is 1. The maximum atomic E-state index is 13.1. The molecule has 1 amide bonds. The third-order valence-corrected chi connectivity index (χ3v) is 7.46. The molecule has 0 radical (unpaired) electrons. The van der Waals surface area contributed by atoms with Gasteiger partial charge in [0.05, 0.1) is 27.7 Å². The molecule has 0 atom stereocenters. The fourth-order valence-electron chi connectivity index (χ4n) is 4.14. The molecule has 190 valence electrons. The Balaban J connectivity index is 1.45. The van der Waals surface area contributed by atoms with Crippen LogP contribution in [-0.4, -0.2) is 34.1 Å². The fraction of sp³-hybridized carbons (Fsp3) is 0.154. The minimum Gasteiger partial charge on any atom is -0.406 e. The molecule has 0 fully saturated rings. The topological polar surface area (TPSA) is 47.4 Å². The molecular formula is C26H18Cl2F3N3O2S. The van der Waals surface area contributed by atoms with E-state index in [4.69, 9.17) is 23.2 Å². The Morgan fingerprint density at radius 1 is 1.03 bits per heavy atom. The van der Waals surface area contributed by atoms with E-state index in [-0.39, 0.29) is 17.4 Å². The molecule has 1 aliphatic heterocycles. The average Bonchev–Trinajstić information content (AvgIpc) is 3.48. The Bertz CT molecular complexity index is 1460. The summed E-state index contributed by atoms with van der Waals surface area (Å²) in [5, 5.41) is 1.22. The lowest BCUT2D eigenvalue weighted by Gasteiger charge is -2.17. The highest BCUT2D eigenvalue weighted by Crippen LogP contribution is 2.35. The molecule has 0 unspecified atom stereocenters. The van der Waals surface area contributed by atoms with Crippen molar-refractivity contribution in [1.82, 2.24) is 9.55 Å². The van der Waals surface area contributed by atoms with Gasteiger partial charge in [-0.25, -0.2) is 4.98 Å². The molecule has 5 rings (SSSR count). The lowest BCUT2D eigenvalue weighted by atomic mass is 10.1. The predicted octanol–water partition coefficient (Wildman–Crippen LogP) is 7.43. The molecule has 37 heavy (non-hydrogen) atoms. The number of fused-ring (bicyclic) bond motifs is 1. The summed E-state index contributed by atoms with van der Waals surface area (Å²) in [6, 6.07) is 18.3. The number of aromatic nitrogens is 2. The van der Waals surface area contributed by atoms with Gasteiger partial charge in [0, 0.05) is 23.5 Å². The zero-order valence-electron chi connectivity index (χ0n) is 19.0. The number of thioether (sulfide) groups is 1. The number of ether oxygens (including phenoxy) is 1. The highest BCUT2D eigenvalue weighted by molar-refractivity contribution is 7.99. The van der Waals surface area contributed by atoms with E-state index in [1.54, 1.807) is 33.9 Å².